The summed E-state index contributed by atoms with van der Waals surface area (Å²) in [7, 11) is 5.35. The molecule has 1 aliphatic heterocycles. The number of nitrogens with one attached hydrogen (secondary N) is 1. The molecule has 1 fully saturated rings. The molecular weight excluding hydrogens is 352 g/mol. The minimum Gasteiger partial charge on any atom is -0.352 e. The fourth-order valence-electron chi connectivity index (χ4n) is 3.63. The number of guanidine groups is 1. The first-order chi connectivity index (χ1) is 13.5. The van der Waals surface area contributed by atoms with E-state index in [4.69, 9.17) is 0 Å². The number of likely N-dealkylation sites (tertiary alicyclic amines) is 1. The van der Waals surface area contributed by atoms with Crippen LogP contribution in [0.4, 0.5) is 0 Å². The van der Waals surface area contributed by atoms with Crippen LogP contribution in [0.3, 0.4) is 0 Å². The van der Waals surface area contributed by atoms with E-state index in [0.29, 0.717) is 24.1 Å². The number of aromatic nitrogens is 2. The maximum Gasteiger partial charge on any atom is 0.253 e. The van der Waals surface area contributed by atoms with Gasteiger partial charge in [0, 0.05) is 58.7 Å². The Morgan fingerprint density at radius 1 is 1.32 bits per heavy atom. The van der Waals surface area contributed by atoms with Gasteiger partial charge in [0.15, 0.2) is 5.96 Å². The summed E-state index contributed by atoms with van der Waals surface area (Å²) in [6.45, 7) is 4.87. The molecule has 7 nitrogen and oxygen atoms in total. The molecule has 2 aromatic rings. The number of carbonyl (C=O) groups excluding carboxylic acids is 1. The molecule has 1 aromatic carbocycles. The Balaban J connectivity index is 1.61. The van der Waals surface area contributed by atoms with Gasteiger partial charge in [0.05, 0.1) is 12.4 Å². The number of imidazole rings is 1. The lowest BCUT2D eigenvalue weighted by Gasteiger charge is -2.39. The monoisotopic (exact) mass is 382 g/mol. The van der Waals surface area contributed by atoms with Crippen molar-refractivity contribution in [2.75, 3.05) is 34.2 Å². The zero-order chi connectivity index (χ0) is 20.1. The smallest absolute Gasteiger partial charge is 0.253 e. The van der Waals surface area contributed by atoms with E-state index in [1.807, 2.05) is 50.0 Å². The van der Waals surface area contributed by atoms with Crippen molar-refractivity contribution in [3.63, 3.8) is 0 Å². The molecular formula is C21H30N6O. The number of carbonyl (C=O) groups is 1. The van der Waals surface area contributed by atoms with Crippen LogP contribution in [0.2, 0.25) is 0 Å². The predicted octanol–water partition coefficient (Wildman–Crippen LogP) is 2.24. The van der Waals surface area contributed by atoms with Gasteiger partial charge in [-0.25, -0.2) is 4.98 Å². The molecule has 0 saturated carbocycles. The average Bonchev–Trinajstić information content (AvgIpc) is 3.24. The third kappa shape index (κ3) is 4.52. The van der Waals surface area contributed by atoms with Crippen molar-refractivity contribution in [1.82, 2.24) is 24.7 Å². The van der Waals surface area contributed by atoms with Gasteiger partial charge in [-0.05, 0) is 30.0 Å². The first-order valence-corrected chi connectivity index (χ1v) is 9.73. The molecule has 7 heteroatoms. The van der Waals surface area contributed by atoms with Crippen molar-refractivity contribution in [2.24, 2.45) is 10.9 Å². The molecule has 0 bridgehead atoms. The lowest BCUT2D eigenvalue weighted by Crippen LogP contribution is -2.48. The molecule has 1 N–H and O–H groups in total. The van der Waals surface area contributed by atoms with E-state index in [1.54, 1.807) is 19.0 Å². The maximum atomic E-state index is 12.0. The molecule has 28 heavy (non-hydrogen) atoms. The summed E-state index contributed by atoms with van der Waals surface area (Å²) in [5, 5.41) is 3.46. The van der Waals surface area contributed by atoms with Crippen LogP contribution in [0.15, 0.2) is 48.0 Å². The highest BCUT2D eigenvalue weighted by atomic mass is 16.2. The van der Waals surface area contributed by atoms with Gasteiger partial charge in [-0.15, -0.1) is 0 Å². The summed E-state index contributed by atoms with van der Waals surface area (Å²) in [5.41, 5.74) is 1.82. The molecule has 2 heterocycles. The van der Waals surface area contributed by atoms with Gasteiger partial charge in [0.2, 0.25) is 0 Å². The van der Waals surface area contributed by atoms with Gasteiger partial charge in [0.1, 0.15) is 0 Å². The fraction of sp³-hybridized carbons (Fsp3) is 0.476. The first-order valence-electron chi connectivity index (χ1n) is 9.73. The number of amides is 1. The minimum absolute atomic E-state index is 0.0169. The number of aliphatic imine (C=N–C) groups is 1. The van der Waals surface area contributed by atoms with Crippen LogP contribution in [0.25, 0.3) is 0 Å². The molecule has 3 rings (SSSR count). The van der Waals surface area contributed by atoms with Gasteiger partial charge < -0.3 is 19.7 Å². The summed E-state index contributed by atoms with van der Waals surface area (Å²) in [4.78, 5) is 24.6. The molecule has 1 aromatic heterocycles. The van der Waals surface area contributed by atoms with E-state index >= 15 is 0 Å². The van der Waals surface area contributed by atoms with E-state index in [9.17, 15) is 4.79 Å². The van der Waals surface area contributed by atoms with Gasteiger partial charge in [-0.3, -0.25) is 9.79 Å². The largest absolute Gasteiger partial charge is 0.352 e. The quantitative estimate of drug-likeness (QED) is 0.651. The number of hydrogen-bond acceptors (Lipinski definition) is 3. The third-order valence-electron chi connectivity index (χ3n) is 5.40. The Bertz CT molecular complexity index is 797. The van der Waals surface area contributed by atoms with Crippen LogP contribution >= 0.6 is 0 Å². The van der Waals surface area contributed by atoms with E-state index < -0.39 is 0 Å². The molecule has 1 amide bonds. The minimum atomic E-state index is 0.0169. The van der Waals surface area contributed by atoms with Crippen molar-refractivity contribution in [3.05, 3.63) is 54.1 Å². The van der Waals surface area contributed by atoms with Crippen LogP contribution in [0, 0.1) is 5.92 Å². The highest BCUT2D eigenvalue weighted by molar-refractivity contribution is 5.93. The van der Waals surface area contributed by atoms with Crippen LogP contribution in [0.5, 0.6) is 0 Å². The number of hydrogen-bond donors (Lipinski definition) is 1. The van der Waals surface area contributed by atoms with Crippen molar-refractivity contribution in [3.8, 4) is 0 Å². The van der Waals surface area contributed by atoms with Gasteiger partial charge in [-0.1, -0.05) is 19.1 Å². The molecule has 150 valence electrons. The molecule has 0 spiro atoms. The van der Waals surface area contributed by atoms with Crippen LogP contribution in [0.1, 0.15) is 35.3 Å². The molecule has 2 unspecified atom stereocenters. The third-order valence-corrected chi connectivity index (χ3v) is 5.40. The second-order valence-electron chi connectivity index (χ2n) is 7.59. The summed E-state index contributed by atoms with van der Waals surface area (Å²) in [6, 6.07) is 8.12. The summed E-state index contributed by atoms with van der Waals surface area (Å²) in [6.07, 6.45) is 6.89. The van der Waals surface area contributed by atoms with Crippen molar-refractivity contribution in [1.29, 1.82) is 0 Å². The fourth-order valence-corrected chi connectivity index (χ4v) is 3.63. The topological polar surface area (TPSA) is 65.8 Å². The van der Waals surface area contributed by atoms with Gasteiger partial charge >= 0.3 is 0 Å². The Morgan fingerprint density at radius 2 is 2.07 bits per heavy atom. The Kier molecular flexibility index (Phi) is 6.34. The Labute approximate surface area is 167 Å². The van der Waals surface area contributed by atoms with Crippen molar-refractivity contribution >= 4 is 11.9 Å². The highest BCUT2D eigenvalue weighted by Crippen LogP contribution is 2.27. The van der Waals surface area contributed by atoms with Gasteiger partial charge in [0.25, 0.3) is 5.91 Å². The number of benzene rings is 1. The van der Waals surface area contributed by atoms with Crippen LogP contribution < -0.4 is 5.32 Å². The maximum absolute atomic E-state index is 12.0. The summed E-state index contributed by atoms with van der Waals surface area (Å²) in [5.74, 6) is 1.53. The van der Waals surface area contributed by atoms with Crippen molar-refractivity contribution in [2.45, 2.75) is 25.9 Å². The molecule has 0 aliphatic carbocycles. The second kappa shape index (κ2) is 8.91. The molecule has 2 atom stereocenters. The average molecular weight is 383 g/mol. The van der Waals surface area contributed by atoms with Crippen LogP contribution in [-0.4, -0.2) is 65.5 Å². The lowest BCUT2D eigenvalue weighted by molar-refractivity contribution is 0.0827. The highest BCUT2D eigenvalue weighted by Gasteiger charge is 2.28. The Morgan fingerprint density at radius 3 is 2.68 bits per heavy atom. The zero-order valence-electron chi connectivity index (χ0n) is 17.2. The lowest BCUT2D eigenvalue weighted by atomic mass is 9.93. The van der Waals surface area contributed by atoms with E-state index in [2.05, 4.69) is 31.7 Å². The standard InChI is InChI=1S/C21H30N6O/c1-16-9-11-26(14-19(16)27-12-10-23-15-27)21(22-2)24-13-17-5-7-18(8-6-17)20(28)25(3)4/h5-8,10,12,15-16,19H,9,11,13-14H2,1-4H3,(H,22,24). The second-order valence-corrected chi connectivity index (χ2v) is 7.59. The number of nitrogens with zero attached hydrogens (tertiary/aromatic N) is 5. The van der Waals surface area contributed by atoms with E-state index in [0.717, 1.165) is 31.0 Å². The zero-order valence-corrected chi connectivity index (χ0v) is 17.2. The SMILES string of the molecule is CN=C(NCc1ccc(C(=O)N(C)C)cc1)N1CCC(C)C(n2ccnc2)C1. The Hall–Kier alpha value is -2.83. The van der Waals surface area contributed by atoms with E-state index in [1.165, 1.54) is 0 Å². The molecule has 1 aliphatic rings. The molecule has 1 saturated heterocycles. The van der Waals surface area contributed by atoms with Gasteiger partial charge in [-0.2, -0.15) is 0 Å². The predicted molar refractivity (Wildman–Crippen MR) is 111 cm³/mol. The van der Waals surface area contributed by atoms with E-state index in [-0.39, 0.29) is 5.91 Å². The number of rotatable bonds is 4. The summed E-state index contributed by atoms with van der Waals surface area (Å²) < 4.78 is 2.20. The van der Waals surface area contributed by atoms with Crippen molar-refractivity contribution < 1.29 is 4.79 Å². The first kappa shape index (κ1) is 19.9. The van der Waals surface area contributed by atoms with Crippen LogP contribution in [-0.2, 0) is 6.54 Å². The molecule has 0 radical (unpaired) electrons. The number of piperidine rings is 1. The normalized spacial score (nSPS) is 20.1. The summed E-state index contributed by atoms with van der Waals surface area (Å²) >= 11 is 0.